The molecule has 0 fully saturated rings. The monoisotopic (exact) mass is 414 g/mol. The van der Waals surface area contributed by atoms with Gasteiger partial charge in [-0.1, -0.05) is 0 Å². The minimum absolute atomic E-state index is 0.0654. The smallest absolute Gasteiger partial charge is 0.293 e. The predicted octanol–water partition coefficient (Wildman–Crippen LogP) is -0.858. The first-order valence-electron chi connectivity index (χ1n) is 7.81. The molecule has 1 aromatic rings. The Labute approximate surface area is 160 Å². The molecule has 12 nitrogen and oxygen atoms in total. The number of rotatable bonds is 7. The largest absolute Gasteiger partial charge is 0.497 e. The summed E-state index contributed by atoms with van der Waals surface area (Å²) in [4.78, 5) is 34.2. The summed E-state index contributed by atoms with van der Waals surface area (Å²) in [5.74, 6) is -1.68. The third-order valence-electron chi connectivity index (χ3n) is 3.91. The Morgan fingerprint density at radius 2 is 2.07 bits per heavy atom. The van der Waals surface area contributed by atoms with Crippen LogP contribution in [0.1, 0.15) is 6.92 Å². The SMILES string of the molecule is COc1ccc(S(=O)(=O)N2C=CN(CC(N)=O)C(=O)[C@@H]2[C@H](C)O)c([N+](=O)[O-])c1. The van der Waals surface area contributed by atoms with Gasteiger partial charge in [0, 0.05) is 12.4 Å². The van der Waals surface area contributed by atoms with E-state index in [4.69, 9.17) is 10.5 Å². The van der Waals surface area contributed by atoms with E-state index in [9.17, 15) is 33.2 Å². The van der Waals surface area contributed by atoms with Crippen molar-refractivity contribution in [3.63, 3.8) is 0 Å². The lowest BCUT2D eigenvalue weighted by Gasteiger charge is -2.36. The second-order valence-corrected chi connectivity index (χ2v) is 7.65. The maximum Gasteiger partial charge on any atom is 0.293 e. The first-order valence-corrected chi connectivity index (χ1v) is 9.26. The molecule has 2 rings (SSSR count). The number of benzene rings is 1. The van der Waals surface area contributed by atoms with Crippen LogP contribution in [0, 0.1) is 10.1 Å². The van der Waals surface area contributed by atoms with Crippen molar-refractivity contribution < 1.29 is 32.8 Å². The summed E-state index contributed by atoms with van der Waals surface area (Å²) >= 11 is 0. The van der Waals surface area contributed by atoms with Crippen molar-refractivity contribution in [1.82, 2.24) is 9.21 Å². The summed E-state index contributed by atoms with van der Waals surface area (Å²) in [6, 6.07) is 1.47. The van der Waals surface area contributed by atoms with Crippen molar-refractivity contribution in [3.05, 3.63) is 40.7 Å². The van der Waals surface area contributed by atoms with Crippen molar-refractivity contribution in [2.45, 2.75) is 24.0 Å². The highest BCUT2D eigenvalue weighted by Gasteiger charge is 2.43. The van der Waals surface area contributed by atoms with Gasteiger partial charge in [0.1, 0.15) is 18.3 Å². The summed E-state index contributed by atoms with van der Waals surface area (Å²) in [6.45, 7) is 0.657. The molecule has 0 aliphatic carbocycles. The predicted molar refractivity (Wildman–Crippen MR) is 94.2 cm³/mol. The average Bonchev–Trinajstić information content (AvgIpc) is 2.61. The molecule has 3 N–H and O–H groups in total. The molecular formula is C15H18N4O8S. The van der Waals surface area contributed by atoms with Gasteiger partial charge in [0.25, 0.3) is 21.6 Å². The summed E-state index contributed by atoms with van der Waals surface area (Å²) in [5.41, 5.74) is 4.29. The Hall–Kier alpha value is -3.19. The lowest BCUT2D eigenvalue weighted by Crippen LogP contribution is -2.56. The zero-order chi connectivity index (χ0) is 21.2. The van der Waals surface area contributed by atoms with Gasteiger partial charge in [-0.2, -0.15) is 0 Å². The minimum atomic E-state index is -4.62. The van der Waals surface area contributed by atoms with Crippen LogP contribution in [0.15, 0.2) is 35.5 Å². The van der Waals surface area contributed by atoms with Gasteiger partial charge in [-0.25, -0.2) is 8.42 Å². The molecule has 2 amide bonds. The molecule has 152 valence electrons. The fraction of sp³-hybridized carbons (Fsp3) is 0.333. The van der Waals surface area contributed by atoms with E-state index >= 15 is 0 Å². The minimum Gasteiger partial charge on any atom is -0.497 e. The Morgan fingerprint density at radius 1 is 1.43 bits per heavy atom. The van der Waals surface area contributed by atoms with Gasteiger partial charge in [-0.3, -0.25) is 24.0 Å². The number of sulfonamides is 1. The molecular weight excluding hydrogens is 396 g/mol. The third-order valence-corrected chi connectivity index (χ3v) is 5.71. The Bertz CT molecular complexity index is 943. The molecule has 1 aliphatic heterocycles. The normalized spacial score (nSPS) is 18.1. The molecule has 28 heavy (non-hydrogen) atoms. The molecule has 0 radical (unpaired) electrons. The Balaban J connectivity index is 2.59. The van der Waals surface area contributed by atoms with Gasteiger partial charge in [0.05, 0.1) is 24.2 Å². The van der Waals surface area contributed by atoms with E-state index in [2.05, 4.69) is 0 Å². The van der Waals surface area contributed by atoms with Crippen molar-refractivity contribution in [1.29, 1.82) is 0 Å². The molecule has 1 aromatic carbocycles. The first kappa shape index (κ1) is 21.1. The molecule has 2 atom stereocenters. The van der Waals surface area contributed by atoms with Gasteiger partial charge >= 0.3 is 0 Å². The van der Waals surface area contributed by atoms with Crippen molar-refractivity contribution in [3.8, 4) is 5.75 Å². The summed E-state index contributed by atoms with van der Waals surface area (Å²) in [5, 5.41) is 21.3. The van der Waals surface area contributed by atoms with Gasteiger partial charge in [-0.05, 0) is 19.1 Å². The molecule has 0 aromatic heterocycles. The lowest BCUT2D eigenvalue weighted by molar-refractivity contribution is -0.387. The van der Waals surface area contributed by atoms with E-state index in [1.54, 1.807) is 0 Å². The quantitative estimate of drug-likeness (QED) is 0.428. The maximum atomic E-state index is 13.1. The van der Waals surface area contributed by atoms with Crippen molar-refractivity contribution >= 4 is 27.5 Å². The Kier molecular flexibility index (Phi) is 5.89. The summed E-state index contributed by atoms with van der Waals surface area (Å²) in [6.07, 6.45) is 0.448. The number of methoxy groups -OCH3 is 1. The highest BCUT2D eigenvalue weighted by Crippen LogP contribution is 2.33. The highest BCUT2D eigenvalue weighted by molar-refractivity contribution is 7.89. The number of aliphatic hydroxyl groups excluding tert-OH is 1. The number of nitrogens with two attached hydrogens (primary N) is 1. The number of nitro groups is 1. The van der Waals surface area contributed by atoms with Gasteiger partial charge in [-0.15, -0.1) is 0 Å². The number of hydrogen-bond donors (Lipinski definition) is 2. The van der Waals surface area contributed by atoms with Gasteiger partial charge in [0.2, 0.25) is 5.91 Å². The molecule has 0 saturated heterocycles. The molecule has 13 heteroatoms. The summed E-state index contributed by atoms with van der Waals surface area (Å²) < 4.78 is 31.5. The van der Waals surface area contributed by atoms with Gasteiger partial charge < -0.3 is 20.5 Å². The van der Waals surface area contributed by atoms with E-state index in [0.717, 1.165) is 29.4 Å². The second-order valence-electron chi connectivity index (χ2n) is 5.84. The number of carbonyl (C=O) groups excluding carboxylic acids is 2. The number of amides is 2. The molecule has 0 unspecified atom stereocenters. The molecule has 0 bridgehead atoms. The van der Waals surface area contributed by atoms with E-state index in [1.165, 1.54) is 20.1 Å². The fourth-order valence-electron chi connectivity index (χ4n) is 2.64. The number of ether oxygens (including phenoxy) is 1. The molecule has 0 spiro atoms. The third kappa shape index (κ3) is 3.89. The van der Waals surface area contributed by atoms with Crippen LogP contribution in [0.4, 0.5) is 5.69 Å². The fourth-order valence-corrected chi connectivity index (χ4v) is 4.28. The number of aliphatic hydroxyl groups is 1. The van der Waals surface area contributed by atoms with Crippen LogP contribution in [0.25, 0.3) is 0 Å². The molecule has 1 aliphatic rings. The van der Waals surface area contributed by atoms with Crippen molar-refractivity contribution in [2.75, 3.05) is 13.7 Å². The van der Waals surface area contributed by atoms with E-state index in [-0.39, 0.29) is 5.75 Å². The zero-order valence-corrected chi connectivity index (χ0v) is 15.7. The van der Waals surface area contributed by atoms with Crippen molar-refractivity contribution in [2.24, 2.45) is 5.73 Å². The highest BCUT2D eigenvalue weighted by atomic mass is 32.2. The number of nitrogens with zero attached hydrogens (tertiary/aromatic N) is 3. The number of primary amides is 1. The zero-order valence-electron chi connectivity index (χ0n) is 14.9. The number of carbonyl (C=O) groups is 2. The average molecular weight is 414 g/mol. The van der Waals surface area contributed by atoms with Crippen LogP contribution < -0.4 is 10.5 Å². The standard InChI is InChI=1S/C15H18N4O8S/c1-9(20)14-15(22)17(8-13(16)21)5-6-18(14)28(25,26)12-4-3-10(27-2)7-11(12)19(23)24/h3-7,9,14,20H,8H2,1-2H3,(H2,16,21)/t9-,14-/m0/s1. The van der Waals surface area contributed by atoms with Gasteiger partial charge in [0.15, 0.2) is 4.90 Å². The maximum absolute atomic E-state index is 13.1. The van der Waals surface area contributed by atoms with Crippen LogP contribution in [0.5, 0.6) is 5.75 Å². The number of nitro benzene ring substituents is 1. The second kappa shape index (κ2) is 7.82. The summed E-state index contributed by atoms with van der Waals surface area (Å²) in [7, 11) is -3.36. The Morgan fingerprint density at radius 3 is 2.57 bits per heavy atom. The van der Waals surface area contributed by atoms with Crippen LogP contribution in [0.2, 0.25) is 0 Å². The van der Waals surface area contributed by atoms with E-state index < -0.39 is 56.0 Å². The lowest BCUT2D eigenvalue weighted by atomic mass is 10.1. The molecule has 0 saturated carbocycles. The first-order chi connectivity index (χ1) is 13.0. The van der Waals surface area contributed by atoms with E-state index in [1.807, 2.05) is 0 Å². The topological polar surface area (TPSA) is 173 Å². The van der Waals surface area contributed by atoms with Crippen LogP contribution >= 0.6 is 0 Å². The van der Waals surface area contributed by atoms with E-state index in [0.29, 0.717) is 4.31 Å². The van der Waals surface area contributed by atoms with Crippen LogP contribution in [0.3, 0.4) is 0 Å². The van der Waals surface area contributed by atoms with Crippen LogP contribution in [-0.4, -0.2) is 65.3 Å². The number of hydrogen-bond acceptors (Lipinski definition) is 8. The van der Waals surface area contributed by atoms with Crippen LogP contribution in [-0.2, 0) is 19.6 Å². The molecule has 1 heterocycles.